The molecular formula is C12H15BrN2O. The molecule has 0 unspecified atom stereocenters. The van der Waals surface area contributed by atoms with E-state index in [2.05, 4.69) is 34.8 Å². The van der Waals surface area contributed by atoms with Crippen molar-refractivity contribution < 1.29 is 4.74 Å². The van der Waals surface area contributed by atoms with Crippen LogP contribution < -0.4 is 5.73 Å². The van der Waals surface area contributed by atoms with E-state index < -0.39 is 0 Å². The summed E-state index contributed by atoms with van der Waals surface area (Å²) in [6.07, 6.45) is 0. The fourth-order valence-corrected chi connectivity index (χ4v) is 1.99. The van der Waals surface area contributed by atoms with Crippen molar-refractivity contribution in [3.63, 3.8) is 0 Å². The standard InChI is InChI=1S/C12H15BrN2O/c1-7(2)11-6-16-12(15-11)9-4-3-8(13)5-10(9)14/h3-5,7,11H,6,14H2,1-2H3/t11-/m1/s1. The summed E-state index contributed by atoms with van der Waals surface area (Å²) < 4.78 is 6.55. The van der Waals surface area contributed by atoms with Gasteiger partial charge in [0.25, 0.3) is 0 Å². The minimum absolute atomic E-state index is 0.248. The largest absolute Gasteiger partial charge is 0.475 e. The molecule has 0 aromatic heterocycles. The lowest BCUT2D eigenvalue weighted by atomic mass is 10.1. The number of aliphatic imine (C=N–C) groups is 1. The van der Waals surface area contributed by atoms with Gasteiger partial charge in [-0.3, -0.25) is 0 Å². The van der Waals surface area contributed by atoms with E-state index in [4.69, 9.17) is 10.5 Å². The second-order valence-electron chi connectivity index (χ2n) is 4.29. The summed E-state index contributed by atoms with van der Waals surface area (Å²) in [5.74, 6) is 1.16. The summed E-state index contributed by atoms with van der Waals surface area (Å²) in [7, 11) is 0. The second kappa shape index (κ2) is 4.45. The zero-order chi connectivity index (χ0) is 11.7. The fourth-order valence-electron chi connectivity index (χ4n) is 1.61. The van der Waals surface area contributed by atoms with Gasteiger partial charge in [0.05, 0.1) is 11.6 Å². The van der Waals surface area contributed by atoms with Gasteiger partial charge in [0, 0.05) is 10.2 Å². The predicted molar refractivity (Wildman–Crippen MR) is 69.7 cm³/mol. The van der Waals surface area contributed by atoms with Crippen LogP contribution in [-0.2, 0) is 4.74 Å². The van der Waals surface area contributed by atoms with Crippen molar-refractivity contribution in [3.05, 3.63) is 28.2 Å². The summed E-state index contributed by atoms with van der Waals surface area (Å²) in [5, 5.41) is 0. The highest BCUT2D eigenvalue weighted by atomic mass is 79.9. The van der Waals surface area contributed by atoms with E-state index in [9.17, 15) is 0 Å². The van der Waals surface area contributed by atoms with Crippen molar-refractivity contribution in [3.8, 4) is 0 Å². The molecule has 0 amide bonds. The van der Waals surface area contributed by atoms with Crippen LogP contribution in [0.25, 0.3) is 0 Å². The lowest BCUT2D eigenvalue weighted by Crippen LogP contribution is -2.13. The average molecular weight is 283 g/mol. The number of anilines is 1. The third-order valence-electron chi connectivity index (χ3n) is 2.69. The van der Waals surface area contributed by atoms with Crippen LogP contribution in [0.2, 0.25) is 0 Å². The third-order valence-corrected chi connectivity index (χ3v) is 3.18. The number of hydrogen-bond donors (Lipinski definition) is 1. The molecule has 0 bridgehead atoms. The van der Waals surface area contributed by atoms with Crippen LogP contribution in [0.5, 0.6) is 0 Å². The summed E-state index contributed by atoms with van der Waals surface area (Å²) >= 11 is 3.38. The Kier molecular flexibility index (Phi) is 3.19. The molecule has 0 saturated heterocycles. The van der Waals surface area contributed by atoms with E-state index >= 15 is 0 Å². The van der Waals surface area contributed by atoms with Gasteiger partial charge in [-0.25, -0.2) is 4.99 Å². The maximum atomic E-state index is 5.93. The van der Waals surface area contributed by atoms with Crippen LogP contribution in [0.15, 0.2) is 27.7 Å². The Hall–Kier alpha value is -1.03. The summed E-state index contributed by atoms with van der Waals surface area (Å²) in [4.78, 5) is 4.55. The van der Waals surface area contributed by atoms with Crippen molar-refractivity contribution in [1.82, 2.24) is 0 Å². The van der Waals surface area contributed by atoms with Gasteiger partial charge in [-0.2, -0.15) is 0 Å². The van der Waals surface area contributed by atoms with Crippen LogP contribution in [0.4, 0.5) is 5.69 Å². The number of nitrogens with zero attached hydrogens (tertiary/aromatic N) is 1. The number of hydrogen-bond acceptors (Lipinski definition) is 3. The highest BCUT2D eigenvalue weighted by Crippen LogP contribution is 2.23. The number of benzene rings is 1. The first-order chi connectivity index (χ1) is 7.58. The molecule has 86 valence electrons. The lowest BCUT2D eigenvalue weighted by Gasteiger charge is -2.06. The van der Waals surface area contributed by atoms with E-state index in [1.807, 2.05) is 18.2 Å². The first-order valence-corrected chi connectivity index (χ1v) is 6.13. The second-order valence-corrected chi connectivity index (χ2v) is 5.20. The van der Waals surface area contributed by atoms with Gasteiger partial charge in [-0.1, -0.05) is 29.8 Å². The van der Waals surface area contributed by atoms with Gasteiger partial charge in [-0.15, -0.1) is 0 Å². The van der Waals surface area contributed by atoms with Gasteiger partial charge < -0.3 is 10.5 Å². The Balaban J connectivity index is 2.29. The van der Waals surface area contributed by atoms with Gasteiger partial charge in [-0.05, 0) is 24.1 Å². The normalized spacial score (nSPS) is 19.8. The minimum atomic E-state index is 0.248. The molecule has 0 saturated carbocycles. The SMILES string of the molecule is CC(C)[C@H]1COC(c2ccc(Br)cc2N)=N1. The topological polar surface area (TPSA) is 47.6 Å². The van der Waals surface area contributed by atoms with Crippen LogP contribution >= 0.6 is 15.9 Å². The lowest BCUT2D eigenvalue weighted by molar-refractivity contribution is 0.292. The van der Waals surface area contributed by atoms with Crippen LogP contribution in [0.1, 0.15) is 19.4 Å². The van der Waals surface area contributed by atoms with Gasteiger partial charge >= 0.3 is 0 Å². The number of rotatable bonds is 2. The number of halogens is 1. The molecule has 1 atom stereocenters. The first kappa shape index (κ1) is 11.5. The van der Waals surface area contributed by atoms with Gasteiger partial charge in [0.2, 0.25) is 5.90 Å². The molecule has 3 nitrogen and oxygen atoms in total. The van der Waals surface area contributed by atoms with Crippen molar-refractivity contribution >= 4 is 27.5 Å². The molecule has 2 rings (SSSR count). The Bertz CT molecular complexity index is 429. The molecule has 1 aromatic carbocycles. The van der Waals surface area contributed by atoms with E-state index in [0.717, 1.165) is 10.0 Å². The number of nitrogens with two attached hydrogens (primary N) is 1. The smallest absolute Gasteiger partial charge is 0.218 e. The van der Waals surface area contributed by atoms with Crippen LogP contribution in [0, 0.1) is 5.92 Å². The highest BCUT2D eigenvalue weighted by Gasteiger charge is 2.23. The van der Waals surface area contributed by atoms with Gasteiger partial charge in [0.15, 0.2) is 0 Å². The molecule has 1 heterocycles. The van der Waals surface area contributed by atoms with Crippen molar-refractivity contribution in [2.75, 3.05) is 12.3 Å². The summed E-state index contributed by atoms with van der Waals surface area (Å²) in [6, 6.07) is 5.99. The van der Waals surface area contributed by atoms with E-state index in [1.54, 1.807) is 0 Å². The molecule has 16 heavy (non-hydrogen) atoms. The van der Waals surface area contributed by atoms with Crippen molar-refractivity contribution in [2.24, 2.45) is 10.9 Å². The monoisotopic (exact) mass is 282 g/mol. The molecule has 1 aliphatic rings. The third kappa shape index (κ3) is 2.21. The molecule has 1 aromatic rings. The Morgan fingerprint density at radius 1 is 1.50 bits per heavy atom. The minimum Gasteiger partial charge on any atom is -0.475 e. The van der Waals surface area contributed by atoms with Crippen molar-refractivity contribution in [2.45, 2.75) is 19.9 Å². The zero-order valence-electron chi connectivity index (χ0n) is 9.40. The number of nitrogen functional groups attached to an aromatic ring is 1. The fraction of sp³-hybridized carbons (Fsp3) is 0.417. The highest BCUT2D eigenvalue weighted by molar-refractivity contribution is 9.10. The molecule has 4 heteroatoms. The Morgan fingerprint density at radius 2 is 2.25 bits per heavy atom. The summed E-state index contributed by atoms with van der Waals surface area (Å²) in [6.45, 7) is 4.94. The molecule has 2 N–H and O–H groups in total. The average Bonchev–Trinajstić information content (AvgIpc) is 2.66. The van der Waals surface area contributed by atoms with Crippen LogP contribution in [0.3, 0.4) is 0 Å². The van der Waals surface area contributed by atoms with E-state index in [-0.39, 0.29) is 6.04 Å². The molecule has 0 spiro atoms. The zero-order valence-corrected chi connectivity index (χ0v) is 11.0. The maximum absolute atomic E-state index is 5.93. The quantitative estimate of drug-likeness (QED) is 0.848. The summed E-state index contributed by atoms with van der Waals surface area (Å²) in [5.41, 5.74) is 7.50. The number of ether oxygens (including phenoxy) is 1. The van der Waals surface area contributed by atoms with Crippen LogP contribution in [-0.4, -0.2) is 18.5 Å². The molecule has 0 fully saturated rings. The van der Waals surface area contributed by atoms with Crippen molar-refractivity contribution in [1.29, 1.82) is 0 Å². The Labute approximate surface area is 104 Å². The molecular weight excluding hydrogens is 268 g/mol. The predicted octanol–water partition coefficient (Wildman–Crippen LogP) is 2.83. The van der Waals surface area contributed by atoms with Gasteiger partial charge in [0.1, 0.15) is 6.61 Å². The van der Waals surface area contributed by atoms with E-state index in [0.29, 0.717) is 24.1 Å². The maximum Gasteiger partial charge on any atom is 0.218 e. The molecule has 0 aliphatic carbocycles. The molecule has 1 aliphatic heterocycles. The first-order valence-electron chi connectivity index (χ1n) is 5.34. The Morgan fingerprint density at radius 3 is 2.81 bits per heavy atom. The van der Waals surface area contributed by atoms with E-state index in [1.165, 1.54) is 0 Å². The molecule has 0 radical (unpaired) electrons.